The molecule has 0 radical (unpaired) electrons. The van der Waals surface area contributed by atoms with E-state index in [1.807, 2.05) is 16.8 Å². The average molecular weight is 465 g/mol. The van der Waals surface area contributed by atoms with E-state index in [0.29, 0.717) is 12.1 Å². The van der Waals surface area contributed by atoms with E-state index in [2.05, 4.69) is 9.71 Å². The second-order valence-electron chi connectivity index (χ2n) is 7.79. The van der Waals surface area contributed by atoms with Gasteiger partial charge in [0, 0.05) is 35.8 Å². The van der Waals surface area contributed by atoms with Crippen molar-refractivity contribution >= 4 is 10.0 Å². The molecule has 1 aromatic carbocycles. The van der Waals surface area contributed by atoms with Crippen LogP contribution in [0.3, 0.4) is 0 Å². The maximum atomic E-state index is 12.7. The number of alkyl halides is 3. The highest BCUT2D eigenvalue weighted by atomic mass is 32.2. The van der Waals surface area contributed by atoms with Gasteiger partial charge in [0.15, 0.2) is 0 Å². The molecule has 0 aliphatic heterocycles. The summed E-state index contributed by atoms with van der Waals surface area (Å²) in [5.41, 5.74) is 3.72. The van der Waals surface area contributed by atoms with Crippen molar-refractivity contribution in [3.63, 3.8) is 0 Å². The Morgan fingerprint density at radius 3 is 2.38 bits per heavy atom. The van der Waals surface area contributed by atoms with E-state index in [9.17, 15) is 21.6 Å². The molecule has 10 heteroatoms. The lowest BCUT2D eigenvalue weighted by Gasteiger charge is -2.14. The third-order valence-electron chi connectivity index (χ3n) is 5.49. The van der Waals surface area contributed by atoms with Gasteiger partial charge in [0.1, 0.15) is 0 Å². The topological polar surface area (TPSA) is 76.9 Å². The van der Waals surface area contributed by atoms with Crippen molar-refractivity contribution in [2.24, 2.45) is 0 Å². The molecule has 32 heavy (non-hydrogen) atoms. The normalized spacial score (nSPS) is 14.3. The van der Waals surface area contributed by atoms with Gasteiger partial charge in [-0.1, -0.05) is 12.1 Å². The molecule has 0 fully saturated rings. The quantitative estimate of drug-likeness (QED) is 0.574. The SMILES string of the molecule is O=S(=O)(Cc1ccc(C(F)(F)F)cc1)NCCn1nc(-c2ccncc2)c2c1CCCC2. The number of nitrogens with zero attached hydrogens (tertiary/aromatic N) is 3. The van der Waals surface area contributed by atoms with Crippen LogP contribution < -0.4 is 4.72 Å². The summed E-state index contributed by atoms with van der Waals surface area (Å²) in [5, 5.41) is 4.75. The molecule has 0 saturated carbocycles. The smallest absolute Gasteiger partial charge is 0.267 e. The zero-order valence-corrected chi connectivity index (χ0v) is 18.1. The summed E-state index contributed by atoms with van der Waals surface area (Å²) in [7, 11) is -3.70. The van der Waals surface area contributed by atoms with Crippen LogP contribution in [0, 0.1) is 0 Å². The Hall–Kier alpha value is -2.72. The number of benzene rings is 1. The van der Waals surface area contributed by atoms with Gasteiger partial charge in [-0.2, -0.15) is 18.3 Å². The minimum absolute atomic E-state index is 0.146. The molecule has 2 heterocycles. The molecule has 6 nitrogen and oxygen atoms in total. The lowest BCUT2D eigenvalue weighted by atomic mass is 9.94. The summed E-state index contributed by atoms with van der Waals surface area (Å²) < 4.78 is 67.3. The Morgan fingerprint density at radius 1 is 1.00 bits per heavy atom. The summed E-state index contributed by atoms with van der Waals surface area (Å²) >= 11 is 0. The maximum absolute atomic E-state index is 12.7. The minimum Gasteiger partial charge on any atom is -0.267 e. The number of aromatic nitrogens is 3. The standard InChI is InChI=1S/C22H23F3N4O2S/c23-22(24,25)18-7-5-16(6-8-18)15-32(30,31)27-13-14-29-20-4-2-1-3-19(20)21(28-29)17-9-11-26-12-10-17/h5-12,27H,1-4,13-15H2. The molecular weight excluding hydrogens is 441 g/mol. The molecule has 1 aliphatic rings. The Labute approximate surface area is 184 Å². The van der Waals surface area contributed by atoms with Gasteiger partial charge >= 0.3 is 6.18 Å². The minimum atomic E-state index is -4.45. The summed E-state index contributed by atoms with van der Waals surface area (Å²) in [6, 6.07) is 7.98. The fourth-order valence-electron chi connectivity index (χ4n) is 3.96. The number of rotatable bonds is 7. The lowest BCUT2D eigenvalue weighted by molar-refractivity contribution is -0.137. The third kappa shape index (κ3) is 5.18. The number of halogens is 3. The molecule has 0 saturated heterocycles. The number of fused-ring (bicyclic) bond motifs is 1. The summed E-state index contributed by atoms with van der Waals surface area (Å²) in [4.78, 5) is 4.05. The van der Waals surface area contributed by atoms with Crippen LogP contribution in [-0.4, -0.2) is 29.7 Å². The van der Waals surface area contributed by atoms with Crippen LogP contribution in [0.2, 0.25) is 0 Å². The van der Waals surface area contributed by atoms with Crippen LogP contribution in [0.5, 0.6) is 0 Å². The van der Waals surface area contributed by atoms with Crippen molar-refractivity contribution in [2.45, 2.75) is 44.2 Å². The predicted octanol–water partition coefficient (Wildman–Crippen LogP) is 3.96. The van der Waals surface area contributed by atoms with Crippen molar-refractivity contribution < 1.29 is 21.6 Å². The highest BCUT2D eigenvalue weighted by Gasteiger charge is 2.30. The molecule has 0 amide bonds. The van der Waals surface area contributed by atoms with Crippen molar-refractivity contribution in [1.29, 1.82) is 0 Å². The van der Waals surface area contributed by atoms with E-state index < -0.39 is 21.8 Å². The highest BCUT2D eigenvalue weighted by molar-refractivity contribution is 7.88. The third-order valence-corrected chi connectivity index (χ3v) is 6.85. The van der Waals surface area contributed by atoms with E-state index in [0.717, 1.165) is 54.8 Å². The molecule has 1 N–H and O–H groups in total. The van der Waals surface area contributed by atoms with Gasteiger partial charge in [0.05, 0.1) is 23.6 Å². The van der Waals surface area contributed by atoms with Crippen LogP contribution in [0.1, 0.15) is 35.2 Å². The number of sulfonamides is 1. The molecule has 0 unspecified atom stereocenters. The van der Waals surface area contributed by atoms with Crippen LogP contribution in [-0.2, 0) is 41.3 Å². The van der Waals surface area contributed by atoms with Gasteiger partial charge in [0.25, 0.3) is 0 Å². The second-order valence-corrected chi connectivity index (χ2v) is 9.59. The molecule has 0 bridgehead atoms. The number of hydrogen-bond acceptors (Lipinski definition) is 4. The lowest BCUT2D eigenvalue weighted by Crippen LogP contribution is -2.29. The van der Waals surface area contributed by atoms with Gasteiger partial charge in [-0.05, 0) is 55.5 Å². The zero-order valence-electron chi connectivity index (χ0n) is 17.3. The highest BCUT2D eigenvalue weighted by Crippen LogP contribution is 2.31. The van der Waals surface area contributed by atoms with Crippen LogP contribution in [0.4, 0.5) is 13.2 Å². The Kier molecular flexibility index (Phi) is 6.34. The van der Waals surface area contributed by atoms with E-state index >= 15 is 0 Å². The van der Waals surface area contributed by atoms with E-state index in [4.69, 9.17) is 5.10 Å². The fourth-order valence-corrected chi connectivity index (χ4v) is 5.10. The molecule has 2 aromatic heterocycles. The van der Waals surface area contributed by atoms with Gasteiger partial charge in [-0.15, -0.1) is 0 Å². The molecule has 0 atom stereocenters. The first kappa shape index (κ1) is 22.5. The summed E-state index contributed by atoms with van der Waals surface area (Å²) in [6.07, 6.45) is 2.98. The van der Waals surface area contributed by atoms with Gasteiger partial charge in [-0.25, -0.2) is 13.1 Å². The van der Waals surface area contributed by atoms with E-state index in [1.165, 1.54) is 17.7 Å². The molecule has 4 rings (SSSR count). The average Bonchev–Trinajstić information content (AvgIpc) is 3.12. The Bertz CT molecular complexity index is 1170. The van der Waals surface area contributed by atoms with Gasteiger partial charge in [0.2, 0.25) is 10.0 Å². The number of hydrogen-bond donors (Lipinski definition) is 1. The number of nitrogens with one attached hydrogen (secondary N) is 1. The molecule has 0 spiro atoms. The molecule has 170 valence electrons. The summed E-state index contributed by atoms with van der Waals surface area (Å²) in [6.45, 7) is 0.520. The zero-order chi connectivity index (χ0) is 22.8. The van der Waals surface area contributed by atoms with Crippen LogP contribution >= 0.6 is 0 Å². The van der Waals surface area contributed by atoms with Crippen molar-refractivity contribution in [2.75, 3.05) is 6.54 Å². The molecule has 3 aromatic rings. The fraction of sp³-hybridized carbons (Fsp3) is 0.364. The summed E-state index contributed by atoms with van der Waals surface area (Å²) in [5.74, 6) is -0.384. The molecule has 1 aliphatic carbocycles. The van der Waals surface area contributed by atoms with Gasteiger partial charge < -0.3 is 0 Å². The monoisotopic (exact) mass is 464 g/mol. The Balaban J connectivity index is 1.42. The first-order valence-corrected chi connectivity index (χ1v) is 12.0. The van der Waals surface area contributed by atoms with E-state index in [1.54, 1.807) is 12.4 Å². The van der Waals surface area contributed by atoms with Crippen LogP contribution in [0.15, 0.2) is 48.8 Å². The van der Waals surface area contributed by atoms with Crippen LogP contribution in [0.25, 0.3) is 11.3 Å². The maximum Gasteiger partial charge on any atom is 0.416 e. The van der Waals surface area contributed by atoms with Gasteiger partial charge in [-0.3, -0.25) is 9.67 Å². The van der Waals surface area contributed by atoms with Crippen molar-refractivity contribution in [1.82, 2.24) is 19.5 Å². The first-order valence-electron chi connectivity index (χ1n) is 10.4. The Morgan fingerprint density at radius 2 is 1.69 bits per heavy atom. The molecular formula is C22H23F3N4O2S. The van der Waals surface area contributed by atoms with Crippen molar-refractivity contribution in [3.8, 4) is 11.3 Å². The van der Waals surface area contributed by atoms with E-state index in [-0.39, 0.29) is 12.3 Å². The largest absolute Gasteiger partial charge is 0.416 e. The first-order chi connectivity index (χ1) is 15.2. The number of pyridine rings is 1. The predicted molar refractivity (Wildman–Crippen MR) is 114 cm³/mol. The van der Waals surface area contributed by atoms with Crippen molar-refractivity contribution in [3.05, 3.63) is 71.2 Å². The second kappa shape index (κ2) is 9.03.